The van der Waals surface area contributed by atoms with Crippen molar-refractivity contribution >= 4 is 74.4 Å². The molecule has 1 aliphatic heterocycles. The van der Waals surface area contributed by atoms with Crippen molar-refractivity contribution in [2.75, 3.05) is 0 Å². The summed E-state index contributed by atoms with van der Waals surface area (Å²) in [6.07, 6.45) is 8.81. The minimum atomic E-state index is -0.401. The molecule has 0 amide bonds. The van der Waals surface area contributed by atoms with Crippen LogP contribution in [0.15, 0.2) is 199 Å². The SMILES string of the molecule is Brc1ccc2c3c(cccc13)C=C2.CC(C)(C)c1ccc(-c2cc(-c3ccc(C(C)(C)C)cc3)cc(-c3ccc4c5c(cccc35)C=C4)c2)cc1.CC(C)(C)c1ccc(-c2cc(B3OC(C)(C)C(C)(C)O3)cc(-c3ccc(C(C)(C)C)cc3)c2)cc1. The van der Waals surface area contributed by atoms with Gasteiger partial charge in [0.15, 0.2) is 0 Å². The van der Waals surface area contributed by atoms with E-state index in [1.807, 2.05) is 0 Å². The summed E-state index contributed by atoms with van der Waals surface area (Å²) in [6, 6.07) is 71.9. The van der Waals surface area contributed by atoms with Gasteiger partial charge in [0.05, 0.1) is 11.2 Å². The Balaban J connectivity index is 0.000000148. The van der Waals surface area contributed by atoms with Crippen molar-refractivity contribution in [2.24, 2.45) is 0 Å². The third kappa shape index (κ3) is 12.5. The highest BCUT2D eigenvalue weighted by molar-refractivity contribution is 9.10. The Hall–Kier alpha value is -7.34. The molecule has 10 aromatic rings. The van der Waals surface area contributed by atoms with Gasteiger partial charge in [-0.1, -0.05) is 287 Å². The fourth-order valence-corrected chi connectivity index (χ4v) is 12.4. The van der Waals surface area contributed by atoms with Crippen LogP contribution < -0.4 is 5.46 Å². The summed E-state index contributed by atoms with van der Waals surface area (Å²) in [7, 11) is -0.401. The van der Waals surface area contributed by atoms with Crippen molar-refractivity contribution in [2.45, 2.75) is 144 Å². The molecule has 0 spiro atoms. The van der Waals surface area contributed by atoms with Gasteiger partial charge < -0.3 is 9.31 Å². The summed E-state index contributed by atoms with van der Waals surface area (Å²) in [4.78, 5) is 0. The first-order valence-corrected chi connectivity index (χ1v) is 31.5. The molecule has 10 aromatic carbocycles. The molecule has 3 aliphatic rings. The molecule has 0 radical (unpaired) electrons. The number of rotatable bonds is 6. The van der Waals surface area contributed by atoms with E-state index < -0.39 is 7.12 Å². The molecule has 434 valence electrons. The minimum Gasteiger partial charge on any atom is -0.399 e. The van der Waals surface area contributed by atoms with Gasteiger partial charge in [-0.25, -0.2) is 0 Å². The quantitative estimate of drug-likeness (QED) is 0.155. The largest absolute Gasteiger partial charge is 0.494 e. The standard InChI is InChI=1S/C38H36.C32H41BO2.C12H7Br/c1-37(2,3)32-17-12-25(13-18-32)29-22-30(26-14-19-33(20-15-26)38(4,5)6)24-31(23-29)34-21-16-28-11-10-27-8-7-9-35(34)36(27)28;1-29(2,3)26-15-11-22(12-16-26)24-19-25(23-13-17-27(18-14-23)30(4,5)6)21-28(20-24)33-34-31(7,8)32(9,10)35-33;13-11-7-6-9-5-4-8-2-1-3-10(11)12(8)9/h7-24H,1-6H3;11-21H,1-10H3;1-7H. The molecule has 2 aliphatic carbocycles. The van der Waals surface area contributed by atoms with Gasteiger partial charge >= 0.3 is 7.12 Å². The highest BCUT2D eigenvalue weighted by atomic mass is 79.9. The normalized spacial score (nSPS) is 14.8. The fraction of sp³-hybridized carbons (Fsp3) is 0.268. The lowest BCUT2D eigenvalue weighted by atomic mass is 9.76. The Morgan fingerprint density at radius 3 is 0.977 bits per heavy atom. The number of halogens is 1. The molecule has 0 aromatic heterocycles. The van der Waals surface area contributed by atoms with Gasteiger partial charge in [0, 0.05) is 4.47 Å². The van der Waals surface area contributed by atoms with Crippen LogP contribution in [0.1, 0.15) is 155 Å². The molecule has 0 saturated carbocycles. The second-order valence-corrected chi connectivity index (χ2v) is 29.9. The predicted molar refractivity (Wildman–Crippen MR) is 378 cm³/mol. The molecular weight excluding hydrogens is 1110 g/mol. The van der Waals surface area contributed by atoms with Gasteiger partial charge in [0.2, 0.25) is 0 Å². The van der Waals surface area contributed by atoms with Gasteiger partial charge in [-0.05, 0) is 207 Å². The first kappa shape index (κ1) is 60.4. The van der Waals surface area contributed by atoms with Crippen LogP contribution >= 0.6 is 15.9 Å². The molecular formula is C82H84BBrO2. The predicted octanol–water partition coefficient (Wildman–Crippen LogP) is 22.9. The van der Waals surface area contributed by atoms with Crippen LogP contribution in [-0.4, -0.2) is 18.3 Å². The van der Waals surface area contributed by atoms with Crippen molar-refractivity contribution in [3.05, 3.63) is 243 Å². The molecule has 0 N–H and O–H groups in total. The number of benzene rings is 10. The van der Waals surface area contributed by atoms with Crippen LogP contribution in [0.5, 0.6) is 0 Å². The number of hydrogen-bond donors (Lipinski definition) is 0. The molecule has 13 rings (SSSR count). The average molecular weight is 1190 g/mol. The van der Waals surface area contributed by atoms with Crippen molar-refractivity contribution in [3.8, 4) is 55.6 Å². The van der Waals surface area contributed by atoms with Gasteiger partial charge in [-0.2, -0.15) is 0 Å². The summed E-state index contributed by atoms with van der Waals surface area (Å²) in [5.41, 5.74) is 23.8. The summed E-state index contributed by atoms with van der Waals surface area (Å²) in [5, 5.41) is 5.36. The van der Waals surface area contributed by atoms with Crippen LogP contribution in [0.4, 0.5) is 0 Å². The van der Waals surface area contributed by atoms with Crippen LogP contribution in [-0.2, 0) is 31.0 Å². The summed E-state index contributed by atoms with van der Waals surface area (Å²) in [6.45, 7) is 35.5. The Kier molecular flexibility index (Phi) is 16.0. The Morgan fingerprint density at radius 1 is 0.314 bits per heavy atom. The van der Waals surface area contributed by atoms with Crippen molar-refractivity contribution in [3.63, 3.8) is 0 Å². The van der Waals surface area contributed by atoms with E-state index in [9.17, 15) is 0 Å². The maximum Gasteiger partial charge on any atom is 0.494 e. The fourth-order valence-electron chi connectivity index (χ4n) is 11.9. The molecule has 1 saturated heterocycles. The highest BCUT2D eigenvalue weighted by Gasteiger charge is 2.52. The molecule has 1 heterocycles. The molecule has 1 fully saturated rings. The lowest BCUT2D eigenvalue weighted by Crippen LogP contribution is -2.41. The van der Waals surface area contributed by atoms with Crippen LogP contribution in [0.3, 0.4) is 0 Å². The Labute approximate surface area is 522 Å². The van der Waals surface area contributed by atoms with Crippen molar-refractivity contribution in [1.29, 1.82) is 0 Å². The highest BCUT2D eigenvalue weighted by Crippen LogP contribution is 2.43. The summed E-state index contributed by atoms with van der Waals surface area (Å²) >= 11 is 3.57. The Morgan fingerprint density at radius 2 is 0.616 bits per heavy atom. The molecule has 2 nitrogen and oxygen atoms in total. The van der Waals surface area contributed by atoms with Crippen molar-refractivity contribution in [1.82, 2.24) is 0 Å². The molecule has 0 bridgehead atoms. The van der Waals surface area contributed by atoms with E-state index in [1.165, 1.54) is 126 Å². The third-order valence-corrected chi connectivity index (χ3v) is 18.8. The molecule has 0 unspecified atom stereocenters. The number of hydrogen-bond acceptors (Lipinski definition) is 2. The molecule has 0 atom stereocenters. The molecule has 86 heavy (non-hydrogen) atoms. The van der Waals surface area contributed by atoms with Crippen LogP contribution in [0, 0.1) is 0 Å². The van der Waals surface area contributed by atoms with Gasteiger partial charge in [0.1, 0.15) is 0 Å². The van der Waals surface area contributed by atoms with Crippen LogP contribution in [0.2, 0.25) is 0 Å². The lowest BCUT2D eigenvalue weighted by Gasteiger charge is -2.32. The van der Waals surface area contributed by atoms with E-state index in [2.05, 4.69) is 345 Å². The van der Waals surface area contributed by atoms with E-state index in [0.717, 1.165) is 5.46 Å². The maximum absolute atomic E-state index is 6.44. The second-order valence-electron chi connectivity index (χ2n) is 29.1. The Bertz CT molecular complexity index is 4030. The minimum absolute atomic E-state index is 0.128. The first-order valence-electron chi connectivity index (χ1n) is 30.7. The molecule has 4 heteroatoms. The monoisotopic (exact) mass is 1190 g/mol. The summed E-state index contributed by atoms with van der Waals surface area (Å²) < 4.78 is 14.1. The van der Waals surface area contributed by atoms with Crippen LogP contribution in [0.25, 0.3) is 101 Å². The van der Waals surface area contributed by atoms with E-state index >= 15 is 0 Å². The van der Waals surface area contributed by atoms with E-state index in [-0.39, 0.29) is 32.9 Å². The first-order chi connectivity index (χ1) is 40.5. The zero-order valence-electron chi connectivity index (χ0n) is 53.6. The smallest absolute Gasteiger partial charge is 0.399 e. The third-order valence-electron chi connectivity index (χ3n) is 18.1. The van der Waals surface area contributed by atoms with Crippen molar-refractivity contribution < 1.29 is 9.31 Å². The van der Waals surface area contributed by atoms with Gasteiger partial charge in [-0.15, -0.1) is 0 Å². The summed E-state index contributed by atoms with van der Waals surface area (Å²) in [5.74, 6) is 0. The van der Waals surface area contributed by atoms with E-state index in [1.54, 1.807) is 0 Å². The average Bonchev–Trinajstić information content (AvgIpc) is 1.61. The zero-order valence-corrected chi connectivity index (χ0v) is 55.1. The second kappa shape index (κ2) is 22.7. The lowest BCUT2D eigenvalue weighted by molar-refractivity contribution is 0.00578. The zero-order chi connectivity index (χ0) is 61.3. The van der Waals surface area contributed by atoms with Gasteiger partial charge in [0.25, 0.3) is 0 Å². The van der Waals surface area contributed by atoms with Gasteiger partial charge in [-0.3, -0.25) is 0 Å². The van der Waals surface area contributed by atoms with E-state index in [4.69, 9.17) is 9.31 Å². The van der Waals surface area contributed by atoms with E-state index in [0.29, 0.717) is 0 Å². The maximum atomic E-state index is 6.44. The topological polar surface area (TPSA) is 18.5 Å².